The molecule has 0 aliphatic carbocycles. The van der Waals surface area contributed by atoms with Crippen molar-refractivity contribution in [1.29, 1.82) is 0 Å². The average Bonchev–Trinajstić information content (AvgIpc) is 2.58. The van der Waals surface area contributed by atoms with E-state index >= 15 is 0 Å². The highest BCUT2D eigenvalue weighted by Crippen LogP contribution is 2.31. The Morgan fingerprint density at radius 2 is 1.64 bits per heavy atom. The number of hydrogen-bond donors (Lipinski definition) is 2. The van der Waals surface area contributed by atoms with Crippen LogP contribution in [-0.2, 0) is 14.9 Å². The van der Waals surface area contributed by atoms with Gasteiger partial charge in [-0.1, -0.05) is 33.6 Å². The standard InChI is InChI=1S/C19H40O5S/c1-6-18(17(5)25(21,22)23)12-11-16(4)24-14-10-9-13-19(7-2,8-3)15-20/h16-18,20H,6-15H2,1-5H3,(H,21,22,23). The van der Waals surface area contributed by atoms with Gasteiger partial charge in [-0.15, -0.1) is 0 Å². The summed E-state index contributed by atoms with van der Waals surface area (Å²) in [7, 11) is -3.97. The molecule has 0 fully saturated rings. The maximum Gasteiger partial charge on any atom is 0.267 e. The highest BCUT2D eigenvalue weighted by Gasteiger charge is 2.27. The Morgan fingerprint density at radius 3 is 2.08 bits per heavy atom. The van der Waals surface area contributed by atoms with Crippen LogP contribution in [0, 0.1) is 11.3 Å². The Hall–Kier alpha value is -0.170. The monoisotopic (exact) mass is 380 g/mol. The van der Waals surface area contributed by atoms with Gasteiger partial charge >= 0.3 is 0 Å². The van der Waals surface area contributed by atoms with Crippen LogP contribution in [0.4, 0.5) is 0 Å². The molecule has 6 heteroatoms. The fourth-order valence-corrected chi connectivity index (χ4v) is 4.15. The van der Waals surface area contributed by atoms with Crippen molar-refractivity contribution in [2.24, 2.45) is 11.3 Å². The van der Waals surface area contributed by atoms with Gasteiger partial charge in [-0.05, 0) is 63.7 Å². The predicted octanol–water partition coefficient (Wildman–Crippen LogP) is 4.44. The van der Waals surface area contributed by atoms with Crippen molar-refractivity contribution in [2.45, 2.75) is 97.3 Å². The quantitative estimate of drug-likeness (QED) is 0.324. The number of aliphatic hydroxyl groups is 1. The van der Waals surface area contributed by atoms with Crippen LogP contribution in [0.15, 0.2) is 0 Å². The minimum absolute atomic E-state index is 0.0414. The van der Waals surface area contributed by atoms with Crippen LogP contribution in [0.3, 0.4) is 0 Å². The molecular formula is C19H40O5S. The molecule has 0 aliphatic rings. The number of unbranched alkanes of at least 4 members (excludes halogenated alkanes) is 1. The van der Waals surface area contributed by atoms with E-state index in [-0.39, 0.29) is 24.0 Å². The van der Waals surface area contributed by atoms with E-state index in [0.29, 0.717) is 6.61 Å². The van der Waals surface area contributed by atoms with Crippen LogP contribution >= 0.6 is 0 Å². The first-order valence-corrected chi connectivity index (χ1v) is 11.3. The molecule has 0 heterocycles. The largest absolute Gasteiger partial charge is 0.396 e. The van der Waals surface area contributed by atoms with Crippen LogP contribution < -0.4 is 0 Å². The molecule has 0 aromatic heterocycles. The molecule has 0 saturated heterocycles. The van der Waals surface area contributed by atoms with Crippen LogP contribution in [0.2, 0.25) is 0 Å². The zero-order valence-corrected chi connectivity index (χ0v) is 17.6. The van der Waals surface area contributed by atoms with Crippen molar-refractivity contribution in [3.63, 3.8) is 0 Å². The van der Waals surface area contributed by atoms with Gasteiger partial charge in [-0.2, -0.15) is 8.42 Å². The summed E-state index contributed by atoms with van der Waals surface area (Å²) in [6.07, 6.45) is 7.40. The molecule has 0 spiro atoms. The summed E-state index contributed by atoms with van der Waals surface area (Å²) in [5.74, 6) is -0.0414. The van der Waals surface area contributed by atoms with E-state index in [1.54, 1.807) is 6.92 Å². The summed E-state index contributed by atoms with van der Waals surface area (Å²) in [6.45, 7) is 10.8. The van der Waals surface area contributed by atoms with Gasteiger partial charge in [0.2, 0.25) is 0 Å². The van der Waals surface area contributed by atoms with Crippen molar-refractivity contribution in [3.8, 4) is 0 Å². The lowest BCUT2D eigenvalue weighted by molar-refractivity contribution is 0.0475. The highest BCUT2D eigenvalue weighted by atomic mass is 32.2. The van der Waals surface area contributed by atoms with Crippen LogP contribution in [-0.4, -0.2) is 42.6 Å². The molecule has 0 rings (SSSR count). The lowest BCUT2D eigenvalue weighted by Gasteiger charge is -2.29. The first-order valence-electron chi connectivity index (χ1n) is 9.84. The van der Waals surface area contributed by atoms with Crippen molar-refractivity contribution in [1.82, 2.24) is 0 Å². The number of ether oxygens (including phenoxy) is 1. The lowest BCUT2D eigenvalue weighted by atomic mass is 9.79. The van der Waals surface area contributed by atoms with Gasteiger partial charge in [-0.25, -0.2) is 0 Å². The summed E-state index contributed by atoms with van der Waals surface area (Å²) in [6, 6.07) is 0. The summed E-state index contributed by atoms with van der Waals surface area (Å²) in [5.41, 5.74) is 0.0614. The third-order valence-corrected chi connectivity index (χ3v) is 7.27. The summed E-state index contributed by atoms with van der Waals surface area (Å²) >= 11 is 0. The Morgan fingerprint density at radius 1 is 1.04 bits per heavy atom. The highest BCUT2D eigenvalue weighted by molar-refractivity contribution is 7.86. The SMILES string of the molecule is CCC(CCC(C)OCCCCC(CC)(CC)CO)C(C)S(=O)(=O)O. The molecule has 5 nitrogen and oxygen atoms in total. The van der Waals surface area contributed by atoms with E-state index in [1.807, 2.05) is 13.8 Å². The number of hydrogen-bond acceptors (Lipinski definition) is 4. The second kappa shape index (κ2) is 12.3. The van der Waals surface area contributed by atoms with E-state index in [0.717, 1.165) is 51.4 Å². The average molecular weight is 381 g/mol. The van der Waals surface area contributed by atoms with Gasteiger partial charge < -0.3 is 9.84 Å². The molecule has 0 aliphatic heterocycles. The third-order valence-electron chi connectivity index (χ3n) is 5.94. The van der Waals surface area contributed by atoms with Crippen molar-refractivity contribution < 1.29 is 22.8 Å². The van der Waals surface area contributed by atoms with E-state index in [1.165, 1.54) is 0 Å². The molecule has 0 saturated carbocycles. The molecular weight excluding hydrogens is 340 g/mol. The zero-order chi connectivity index (χ0) is 19.5. The Balaban J connectivity index is 4.06. The number of aliphatic hydroxyl groups excluding tert-OH is 1. The molecule has 0 amide bonds. The maximum absolute atomic E-state index is 11.3. The molecule has 0 bridgehead atoms. The van der Waals surface area contributed by atoms with E-state index in [9.17, 15) is 18.1 Å². The first kappa shape index (κ1) is 24.8. The summed E-state index contributed by atoms with van der Waals surface area (Å²) < 4.78 is 37.6. The smallest absolute Gasteiger partial charge is 0.267 e. The molecule has 152 valence electrons. The van der Waals surface area contributed by atoms with Gasteiger partial charge in [0.05, 0.1) is 11.4 Å². The minimum Gasteiger partial charge on any atom is -0.396 e. The molecule has 25 heavy (non-hydrogen) atoms. The van der Waals surface area contributed by atoms with Crippen LogP contribution in [0.1, 0.15) is 86.0 Å². The van der Waals surface area contributed by atoms with E-state index in [4.69, 9.17) is 4.74 Å². The van der Waals surface area contributed by atoms with Crippen LogP contribution in [0.25, 0.3) is 0 Å². The zero-order valence-electron chi connectivity index (χ0n) is 16.8. The molecule has 3 atom stereocenters. The van der Waals surface area contributed by atoms with Crippen LogP contribution in [0.5, 0.6) is 0 Å². The first-order chi connectivity index (χ1) is 11.7. The Kier molecular flexibility index (Phi) is 12.2. The second-order valence-corrected chi connectivity index (χ2v) is 9.24. The predicted molar refractivity (Wildman–Crippen MR) is 103 cm³/mol. The lowest BCUT2D eigenvalue weighted by Crippen LogP contribution is -2.27. The Bertz CT molecular complexity index is 423. The summed E-state index contributed by atoms with van der Waals surface area (Å²) in [4.78, 5) is 0. The van der Waals surface area contributed by atoms with Gasteiger partial charge in [0.15, 0.2) is 0 Å². The topological polar surface area (TPSA) is 83.8 Å². The second-order valence-electron chi connectivity index (χ2n) is 7.47. The third kappa shape index (κ3) is 9.36. The molecule has 3 unspecified atom stereocenters. The van der Waals surface area contributed by atoms with Gasteiger partial charge in [-0.3, -0.25) is 4.55 Å². The van der Waals surface area contributed by atoms with E-state index in [2.05, 4.69) is 13.8 Å². The Labute approximate surface area is 155 Å². The van der Waals surface area contributed by atoms with E-state index < -0.39 is 15.4 Å². The normalized spacial score (nSPS) is 16.6. The fraction of sp³-hybridized carbons (Fsp3) is 1.00. The van der Waals surface area contributed by atoms with Gasteiger partial charge in [0.25, 0.3) is 10.1 Å². The number of rotatable bonds is 15. The van der Waals surface area contributed by atoms with Crippen molar-refractivity contribution in [3.05, 3.63) is 0 Å². The minimum atomic E-state index is -3.97. The molecule has 0 aromatic carbocycles. The fourth-order valence-electron chi connectivity index (χ4n) is 3.34. The molecule has 0 aromatic rings. The molecule has 0 radical (unpaired) electrons. The van der Waals surface area contributed by atoms with Crippen molar-refractivity contribution >= 4 is 10.1 Å². The van der Waals surface area contributed by atoms with Gasteiger partial charge in [0, 0.05) is 13.2 Å². The maximum atomic E-state index is 11.3. The molecule has 2 N–H and O–H groups in total. The van der Waals surface area contributed by atoms with Gasteiger partial charge in [0.1, 0.15) is 0 Å². The summed E-state index contributed by atoms with van der Waals surface area (Å²) in [5, 5.41) is 8.85. The van der Waals surface area contributed by atoms with Crippen molar-refractivity contribution in [2.75, 3.05) is 13.2 Å².